The number of carbonyl (C=O) groups is 1. The highest BCUT2D eigenvalue weighted by molar-refractivity contribution is 7.88. The molecule has 1 saturated heterocycles. The minimum absolute atomic E-state index is 0.150. The number of hydrogen-bond acceptors (Lipinski definition) is 6. The molecule has 4 atom stereocenters. The summed E-state index contributed by atoms with van der Waals surface area (Å²) >= 11 is 1.51. The van der Waals surface area contributed by atoms with Crippen LogP contribution in [0.1, 0.15) is 12.1 Å². The zero-order valence-electron chi connectivity index (χ0n) is 13.0. The smallest absolute Gasteiger partial charge is 0.226 e. The molecule has 1 aliphatic heterocycles. The number of imidazole rings is 1. The number of thiazole rings is 1. The number of nitrogens with zero attached hydrogens (tertiary/aromatic N) is 2. The monoisotopic (exact) mass is 370 g/mol. The number of carbonyl (C=O) groups excluding carboxylic acids is 1. The van der Waals surface area contributed by atoms with Gasteiger partial charge in [0.25, 0.3) is 0 Å². The average Bonchev–Trinajstić information content (AvgIpc) is 3.15. The Morgan fingerprint density at radius 3 is 3.08 bits per heavy atom. The Morgan fingerprint density at radius 1 is 1.50 bits per heavy atom. The Balaban J connectivity index is 1.42. The molecule has 3 heterocycles. The minimum Gasteiger partial charge on any atom is -0.376 e. The number of rotatable bonds is 5. The van der Waals surface area contributed by atoms with Gasteiger partial charge in [-0.25, -0.2) is 18.1 Å². The van der Waals surface area contributed by atoms with E-state index in [0.717, 1.165) is 17.6 Å². The fourth-order valence-corrected chi connectivity index (χ4v) is 5.05. The molecule has 1 amide bonds. The van der Waals surface area contributed by atoms with Gasteiger partial charge in [-0.15, -0.1) is 11.3 Å². The summed E-state index contributed by atoms with van der Waals surface area (Å²) in [6, 6.07) is -0.634. The quantitative estimate of drug-likeness (QED) is 0.756. The van der Waals surface area contributed by atoms with Crippen LogP contribution in [0.3, 0.4) is 0 Å². The first-order valence-electron chi connectivity index (χ1n) is 7.70. The van der Waals surface area contributed by atoms with E-state index < -0.39 is 16.1 Å². The van der Waals surface area contributed by atoms with Crippen LogP contribution < -0.4 is 10.0 Å². The number of sulfonamides is 1. The summed E-state index contributed by atoms with van der Waals surface area (Å²) in [6.07, 6.45) is 5.70. The maximum atomic E-state index is 12.3. The van der Waals surface area contributed by atoms with Gasteiger partial charge in [0.1, 0.15) is 0 Å². The number of fused-ring (bicyclic) bond motifs is 2. The minimum atomic E-state index is -3.36. The number of amides is 1. The molecule has 2 aliphatic rings. The van der Waals surface area contributed by atoms with Gasteiger partial charge >= 0.3 is 0 Å². The van der Waals surface area contributed by atoms with Crippen molar-refractivity contribution in [1.82, 2.24) is 19.4 Å². The lowest BCUT2D eigenvalue weighted by molar-refractivity contribution is -0.124. The normalized spacial score (nSPS) is 29.4. The third kappa shape index (κ3) is 2.94. The molecule has 1 saturated carbocycles. The molecule has 4 rings (SSSR count). The van der Waals surface area contributed by atoms with Crippen molar-refractivity contribution >= 4 is 32.2 Å². The molecular formula is C14H18N4O4S2. The third-order valence-electron chi connectivity index (χ3n) is 4.55. The Labute approximate surface area is 143 Å². The lowest BCUT2D eigenvalue weighted by atomic mass is 9.72. The maximum absolute atomic E-state index is 12.3. The van der Waals surface area contributed by atoms with Crippen LogP contribution in [0.15, 0.2) is 17.8 Å². The van der Waals surface area contributed by atoms with Gasteiger partial charge in [-0.05, 0) is 6.42 Å². The lowest BCUT2D eigenvalue weighted by Gasteiger charge is -2.47. The van der Waals surface area contributed by atoms with E-state index in [1.54, 1.807) is 0 Å². The van der Waals surface area contributed by atoms with Crippen LogP contribution in [0, 0.1) is 5.92 Å². The molecule has 2 aromatic rings. The fourth-order valence-electron chi connectivity index (χ4n) is 3.55. The van der Waals surface area contributed by atoms with Gasteiger partial charge in [0, 0.05) is 30.3 Å². The van der Waals surface area contributed by atoms with Crippen molar-refractivity contribution in [3.63, 3.8) is 0 Å². The Kier molecular flexibility index (Phi) is 3.87. The molecule has 0 spiro atoms. The summed E-state index contributed by atoms with van der Waals surface area (Å²) < 4.78 is 33.1. The van der Waals surface area contributed by atoms with Gasteiger partial charge in [0.2, 0.25) is 15.9 Å². The average molecular weight is 370 g/mol. The Morgan fingerprint density at radius 2 is 2.33 bits per heavy atom. The molecule has 2 N–H and O–H groups in total. The highest BCUT2D eigenvalue weighted by Crippen LogP contribution is 2.39. The first-order valence-corrected chi connectivity index (χ1v) is 10.5. The molecule has 8 nitrogen and oxygen atoms in total. The number of ether oxygens (including phenoxy) is 1. The molecule has 0 bridgehead atoms. The van der Waals surface area contributed by atoms with E-state index in [0.29, 0.717) is 12.3 Å². The van der Waals surface area contributed by atoms with Gasteiger partial charge in [0.05, 0.1) is 36.6 Å². The lowest BCUT2D eigenvalue weighted by Crippen LogP contribution is -2.70. The molecule has 24 heavy (non-hydrogen) atoms. The number of nitrogens with one attached hydrogen (secondary N) is 2. The standard InChI is InChI=1S/C14H18N4O4S2/c1-24(20,21)17-12-11(9-2-4-22-13(9)12)16-10(19)6-8-7-18-3-5-23-14(18)15-8/h3,5,7,9,11-13,17H,2,4,6H2,1H3,(H,16,19)/t9-,11+,12-,13-/m0/s1. The van der Waals surface area contributed by atoms with Gasteiger partial charge in [0.15, 0.2) is 4.96 Å². The maximum Gasteiger partial charge on any atom is 0.226 e. The number of aromatic nitrogens is 2. The molecule has 0 aromatic carbocycles. The zero-order chi connectivity index (χ0) is 16.9. The predicted molar refractivity (Wildman–Crippen MR) is 88.3 cm³/mol. The summed E-state index contributed by atoms with van der Waals surface area (Å²) in [6.45, 7) is 0.598. The van der Waals surface area contributed by atoms with Gasteiger partial charge in [-0.1, -0.05) is 0 Å². The fraction of sp³-hybridized carbons (Fsp3) is 0.571. The first-order chi connectivity index (χ1) is 11.4. The summed E-state index contributed by atoms with van der Waals surface area (Å²) in [5.74, 6) is 0.00935. The summed E-state index contributed by atoms with van der Waals surface area (Å²) in [7, 11) is -3.36. The second kappa shape index (κ2) is 5.80. The molecule has 130 valence electrons. The van der Waals surface area contributed by atoms with Crippen molar-refractivity contribution in [1.29, 1.82) is 0 Å². The van der Waals surface area contributed by atoms with E-state index in [1.165, 1.54) is 11.3 Å². The summed E-state index contributed by atoms with van der Waals surface area (Å²) in [4.78, 5) is 17.6. The van der Waals surface area contributed by atoms with Gasteiger partial charge in [-0.3, -0.25) is 9.20 Å². The van der Waals surface area contributed by atoms with Crippen LogP contribution in [0.25, 0.3) is 4.96 Å². The summed E-state index contributed by atoms with van der Waals surface area (Å²) in [5.41, 5.74) is 0.700. The second-order valence-electron chi connectivity index (χ2n) is 6.30. The molecule has 2 aromatic heterocycles. The molecule has 0 radical (unpaired) electrons. The van der Waals surface area contributed by atoms with Crippen LogP contribution in [0.5, 0.6) is 0 Å². The van der Waals surface area contributed by atoms with Crippen LogP contribution >= 0.6 is 11.3 Å². The molecular weight excluding hydrogens is 352 g/mol. The Hall–Kier alpha value is -1.49. The highest BCUT2D eigenvalue weighted by atomic mass is 32.2. The van der Waals surface area contributed by atoms with Crippen LogP contribution in [0.2, 0.25) is 0 Å². The van der Waals surface area contributed by atoms with Crippen molar-refractivity contribution in [2.75, 3.05) is 12.9 Å². The first kappa shape index (κ1) is 16.0. The van der Waals surface area contributed by atoms with Crippen LogP contribution in [0.4, 0.5) is 0 Å². The topological polar surface area (TPSA) is 102 Å². The highest BCUT2D eigenvalue weighted by Gasteiger charge is 2.55. The summed E-state index contributed by atoms with van der Waals surface area (Å²) in [5, 5.41) is 4.89. The van der Waals surface area contributed by atoms with Crippen LogP contribution in [-0.4, -0.2) is 54.8 Å². The second-order valence-corrected chi connectivity index (χ2v) is 8.95. The van der Waals surface area contributed by atoms with Crippen molar-refractivity contribution in [3.8, 4) is 0 Å². The van der Waals surface area contributed by atoms with Gasteiger partial charge < -0.3 is 10.1 Å². The molecule has 0 unspecified atom stereocenters. The zero-order valence-corrected chi connectivity index (χ0v) is 14.6. The van der Waals surface area contributed by atoms with Crippen LogP contribution in [-0.2, 0) is 26.0 Å². The third-order valence-corrected chi connectivity index (χ3v) is 6.02. The van der Waals surface area contributed by atoms with E-state index >= 15 is 0 Å². The van der Waals surface area contributed by atoms with Crippen molar-refractivity contribution in [2.45, 2.75) is 31.0 Å². The van der Waals surface area contributed by atoms with E-state index in [4.69, 9.17) is 4.74 Å². The van der Waals surface area contributed by atoms with E-state index in [2.05, 4.69) is 15.0 Å². The van der Waals surface area contributed by atoms with E-state index in [-0.39, 0.29) is 30.4 Å². The molecule has 1 aliphatic carbocycles. The Bertz CT molecular complexity index is 846. The predicted octanol–water partition coefficient (Wildman–Crippen LogP) is -0.240. The van der Waals surface area contributed by atoms with E-state index in [9.17, 15) is 13.2 Å². The van der Waals surface area contributed by atoms with Crippen molar-refractivity contribution in [3.05, 3.63) is 23.5 Å². The SMILES string of the molecule is CS(=O)(=O)N[C@H]1[C@H](NC(=O)Cc2cn3ccsc3n2)[C@@H]2CCO[C@@H]21. The number of hydrogen-bond donors (Lipinski definition) is 2. The van der Waals surface area contributed by atoms with Crippen molar-refractivity contribution < 1.29 is 17.9 Å². The molecule has 10 heteroatoms. The van der Waals surface area contributed by atoms with Gasteiger partial charge in [-0.2, -0.15) is 0 Å². The van der Waals surface area contributed by atoms with E-state index in [1.807, 2.05) is 22.2 Å². The molecule has 2 fully saturated rings. The van der Waals surface area contributed by atoms with Crippen molar-refractivity contribution in [2.24, 2.45) is 5.92 Å². The largest absolute Gasteiger partial charge is 0.376 e.